The second kappa shape index (κ2) is 7.15. The summed E-state index contributed by atoms with van der Waals surface area (Å²) in [7, 11) is 0. The Labute approximate surface area is 129 Å². The van der Waals surface area contributed by atoms with Crippen LogP contribution in [0.1, 0.15) is 16.7 Å². The molecular weight excluding hydrogens is 278 g/mol. The van der Waals surface area contributed by atoms with Gasteiger partial charge in [-0.3, -0.25) is 4.99 Å². The number of nitrogens with zero attached hydrogens (tertiary/aromatic N) is 2. The third kappa shape index (κ3) is 3.32. The fraction of sp³-hybridized carbons (Fsp3) is 0.294. The zero-order valence-electron chi connectivity index (χ0n) is 12.3. The standard InChI is InChI=1S/C17H19N3O2/c21-8-10-22-9-7-19-16-11-13(5-6-18-16)17-15-4-2-1-3-14(15)12-20-17/h1-6,11,21H,7-10,12H2,(H,18,19). The van der Waals surface area contributed by atoms with Crippen molar-refractivity contribution in [2.24, 2.45) is 4.99 Å². The van der Waals surface area contributed by atoms with Gasteiger partial charge in [0.15, 0.2) is 0 Å². The fourth-order valence-corrected chi connectivity index (χ4v) is 2.48. The van der Waals surface area contributed by atoms with Crippen LogP contribution >= 0.6 is 0 Å². The van der Waals surface area contributed by atoms with Crippen molar-refractivity contribution in [2.75, 3.05) is 31.7 Å². The molecule has 0 amide bonds. The van der Waals surface area contributed by atoms with E-state index in [1.54, 1.807) is 6.20 Å². The molecule has 0 aliphatic carbocycles. The first-order chi connectivity index (χ1) is 10.9. The molecular formula is C17H19N3O2. The van der Waals surface area contributed by atoms with Gasteiger partial charge in [-0.2, -0.15) is 0 Å². The molecule has 0 fully saturated rings. The lowest BCUT2D eigenvalue weighted by Crippen LogP contribution is -2.12. The van der Waals surface area contributed by atoms with E-state index in [0.717, 1.165) is 23.6 Å². The molecule has 2 aromatic rings. The highest BCUT2D eigenvalue weighted by molar-refractivity contribution is 6.15. The summed E-state index contributed by atoms with van der Waals surface area (Å²) >= 11 is 0. The SMILES string of the molecule is OCCOCCNc1cc(C2=NCc3ccccc32)ccn1. The topological polar surface area (TPSA) is 66.7 Å². The van der Waals surface area contributed by atoms with Gasteiger partial charge >= 0.3 is 0 Å². The van der Waals surface area contributed by atoms with E-state index in [2.05, 4.69) is 27.4 Å². The number of benzene rings is 1. The van der Waals surface area contributed by atoms with Gasteiger partial charge in [0.2, 0.25) is 0 Å². The normalized spacial score (nSPS) is 12.9. The molecule has 1 aromatic heterocycles. The minimum absolute atomic E-state index is 0.0486. The second-order valence-corrected chi connectivity index (χ2v) is 5.01. The number of rotatable bonds is 7. The molecule has 5 nitrogen and oxygen atoms in total. The molecule has 5 heteroatoms. The van der Waals surface area contributed by atoms with Crippen molar-refractivity contribution < 1.29 is 9.84 Å². The average Bonchev–Trinajstić information content (AvgIpc) is 2.99. The Morgan fingerprint density at radius 2 is 2.09 bits per heavy atom. The molecule has 0 saturated heterocycles. The molecule has 0 saturated carbocycles. The van der Waals surface area contributed by atoms with Crippen LogP contribution in [-0.2, 0) is 11.3 Å². The molecule has 0 radical (unpaired) electrons. The van der Waals surface area contributed by atoms with E-state index in [1.165, 1.54) is 11.1 Å². The number of nitrogens with one attached hydrogen (secondary N) is 1. The fourth-order valence-electron chi connectivity index (χ4n) is 2.48. The van der Waals surface area contributed by atoms with Crippen LogP contribution in [0.3, 0.4) is 0 Å². The molecule has 2 heterocycles. The number of anilines is 1. The van der Waals surface area contributed by atoms with Gasteiger partial charge < -0.3 is 15.2 Å². The highest BCUT2D eigenvalue weighted by atomic mass is 16.5. The number of hydrogen-bond donors (Lipinski definition) is 2. The molecule has 1 aliphatic rings. The largest absolute Gasteiger partial charge is 0.394 e. The first-order valence-electron chi connectivity index (χ1n) is 7.40. The third-order valence-corrected chi connectivity index (χ3v) is 3.50. The monoisotopic (exact) mass is 297 g/mol. The van der Waals surface area contributed by atoms with Crippen molar-refractivity contribution >= 4 is 11.5 Å². The minimum Gasteiger partial charge on any atom is -0.394 e. The maximum atomic E-state index is 8.65. The Morgan fingerprint density at radius 1 is 1.18 bits per heavy atom. The van der Waals surface area contributed by atoms with Gasteiger partial charge in [0, 0.05) is 23.9 Å². The number of pyridine rings is 1. The van der Waals surface area contributed by atoms with Gasteiger partial charge in [0.25, 0.3) is 0 Å². The van der Waals surface area contributed by atoms with Gasteiger partial charge in [-0.05, 0) is 17.7 Å². The van der Waals surface area contributed by atoms with Crippen LogP contribution in [0.5, 0.6) is 0 Å². The van der Waals surface area contributed by atoms with E-state index in [-0.39, 0.29) is 6.61 Å². The quantitative estimate of drug-likeness (QED) is 0.766. The summed E-state index contributed by atoms with van der Waals surface area (Å²) < 4.78 is 5.22. The van der Waals surface area contributed by atoms with Crippen LogP contribution in [0.2, 0.25) is 0 Å². The number of aliphatic hydroxyl groups is 1. The first-order valence-corrected chi connectivity index (χ1v) is 7.40. The van der Waals surface area contributed by atoms with E-state index in [4.69, 9.17) is 9.84 Å². The number of hydrogen-bond acceptors (Lipinski definition) is 5. The smallest absolute Gasteiger partial charge is 0.126 e. The number of fused-ring (bicyclic) bond motifs is 1. The molecule has 114 valence electrons. The number of aliphatic imine (C=N–C) groups is 1. The zero-order chi connectivity index (χ0) is 15.2. The summed E-state index contributed by atoms with van der Waals surface area (Å²) in [6, 6.07) is 12.3. The molecule has 0 bridgehead atoms. The van der Waals surface area contributed by atoms with Crippen LogP contribution in [0, 0.1) is 0 Å². The first kappa shape index (κ1) is 14.7. The zero-order valence-corrected chi connectivity index (χ0v) is 12.3. The van der Waals surface area contributed by atoms with E-state index in [9.17, 15) is 0 Å². The molecule has 0 unspecified atom stereocenters. The Balaban J connectivity index is 1.67. The van der Waals surface area contributed by atoms with Crippen molar-refractivity contribution in [1.29, 1.82) is 0 Å². The van der Waals surface area contributed by atoms with Crippen LogP contribution in [0.15, 0.2) is 47.6 Å². The summed E-state index contributed by atoms with van der Waals surface area (Å²) in [5.41, 5.74) is 4.56. The Morgan fingerprint density at radius 3 is 3.00 bits per heavy atom. The van der Waals surface area contributed by atoms with Crippen LogP contribution < -0.4 is 5.32 Å². The van der Waals surface area contributed by atoms with Crippen LogP contribution in [0.25, 0.3) is 0 Å². The van der Waals surface area contributed by atoms with E-state index in [0.29, 0.717) is 19.8 Å². The van der Waals surface area contributed by atoms with E-state index >= 15 is 0 Å². The predicted molar refractivity (Wildman–Crippen MR) is 86.4 cm³/mol. The predicted octanol–water partition coefficient (Wildman–Crippen LogP) is 1.85. The van der Waals surface area contributed by atoms with Gasteiger partial charge in [-0.25, -0.2) is 4.98 Å². The number of aromatic nitrogens is 1. The lowest BCUT2D eigenvalue weighted by atomic mass is 10.0. The number of aliphatic hydroxyl groups excluding tert-OH is 1. The van der Waals surface area contributed by atoms with E-state index < -0.39 is 0 Å². The lowest BCUT2D eigenvalue weighted by Gasteiger charge is -2.08. The van der Waals surface area contributed by atoms with Gasteiger partial charge in [0.05, 0.1) is 32.1 Å². The van der Waals surface area contributed by atoms with Gasteiger partial charge in [-0.15, -0.1) is 0 Å². The van der Waals surface area contributed by atoms with Crippen LogP contribution in [0.4, 0.5) is 5.82 Å². The molecule has 2 N–H and O–H groups in total. The van der Waals surface area contributed by atoms with Crippen molar-refractivity contribution in [1.82, 2.24) is 4.98 Å². The molecule has 1 aliphatic heterocycles. The highest BCUT2D eigenvalue weighted by Crippen LogP contribution is 2.23. The molecule has 1 aromatic carbocycles. The van der Waals surface area contributed by atoms with Crippen molar-refractivity contribution in [3.05, 3.63) is 59.3 Å². The molecule has 3 rings (SSSR count). The van der Waals surface area contributed by atoms with Gasteiger partial charge in [0.1, 0.15) is 5.82 Å². The summed E-state index contributed by atoms with van der Waals surface area (Å²) in [5.74, 6) is 0.803. The summed E-state index contributed by atoms with van der Waals surface area (Å²) in [6.45, 7) is 2.34. The Kier molecular flexibility index (Phi) is 4.78. The van der Waals surface area contributed by atoms with E-state index in [1.807, 2.05) is 24.3 Å². The third-order valence-electron chi connectivity index (χ3n) is 3.50. The Hall–Kier alpha value is -2.24. The molecule has 0 spiro atoms. The molecule has 22 heavy (non-hydrogen) atoms. The second-order valence-electron chi connectivity index (χ2n) is 5.01. The van der Waals surface area contributed by atoms with Crippen molar-refractivity contribution in [3.63, 3.8) is 0 Å². The minimum atomic E-state index is 0.0486. The molecule has 0 atom stereocenters. The van der Waals surface area contributed by atoms with Crippen molar-refractivity contribution in [2.45, 2.75) is 6.54 Å². The lowest BCUT2D eigenvalue weighted by molar-refractivity contribution is 0.0992. The maximum absolute atomic E-state index is 8.65. The maximum Gasteiger partial charge on any atom is 0.126 e. The Bertz CT molecular complexity index is 670. The average molecular weight is 297 g/mol. The summed E-state index contributed by atoms with van der Waals surface area (Å²) in [4.78, 5) is 8.96. The van der Waals surface area contributed by atoms with Crippen LogP contribution in [-0.4, -0.2) is 42.2 Å². The highest BCUT2D eigenvalue weighted by Gasteiger charge is 2.16. The summed E-state index contributed by atoms with van der Waals surface area (Å²) in [5, 5.41) is 11.9. The van der Waals surface area contributed by atoms with Gasteiger partial charge in [-0.1, -0.05) is 24.3 Å². The van der Waals surface area contributed by atoms with Crippen molar-refractivity contribution in [3.8, 4) is 0 Å². The summed E-state index contributed by atoms with van der Waals surface area (Å²) in [6.07, 6.45) is 1.79. The number of ether oxygens (including phenoxy) is 1.